The number of halogens is 3. The Balaban J connectivity index is 2.16. The lowest BCUT2D eigenvalue weighted by molar-refractivity contribution is -0.137. The highest BCUT2D eigenvalue weighted by Crippen LogP contribution is 2.29. The molecule has 2 aromatic rings. The van der Waals surface area contributed by atoms with Crippen LogP contribution >= 0.6 is 0 Å². The van der Waals surface area contributed by atoms with E-state index in [4.69, 9.17) is 5.73 Å². The molecule has 0 amide bonds. The fraction of sp³-hybridized carbons (Fsp3) is 0.250. The Kier molecular flexibility index (Phi) is 3.02. The van der Waals surface area contributed by atoms with Gasteiger partial charge in [0, 0.05) is 19.7 Å². The fourth-order valence-electron chi connectivity index (χ4n) is 1.65. The summed E-state index contributed by atoms with van der Waals surface area (Å²) in [5, 5.41) is 0. The number of hydrogen-bond donors (Lipinski definition) is 1. The van der Waals surface area contributed by atoms with Crippen LogP contribution in [-0.4, -0.2) is 9.55 Å². The average Bonchev–Trinajstić information content (AvgIpc) is 2.57. The fourth-order valence-corrected chi connectivity index (χ4v) is 1.65. The summed E-state index contributed by atoms with van der Waals surface area (Å²) in [5.41, 5.74) is 6.43. The highest BCUT2D eigenvalue weighted by atomic mass is 19.4. The van der Waals surface area contributed by atoms with E-state index >= 15 is 0 Å². The van der Waals surface area contributed by atoms with Crippen molar-refractivity contribution in [2.45, 2.75) is 12.6 Å². The van der Waals surface area contributed by atoms with Crippen LogP contribution in [-0.2, 0) is 19.6 Å². The molecular weight excluding hydrogens is 243 g/mol. The molecule has 0 saturated carbocycles. The highest BCUT2D eigenvalue weighted by molar-refractivity contribution is 5.29. The molecule has 0 bridgehead atoms. The van der Waals surface area contributed by atoms with Crippen molar-refractivity contribution in [1.29, 1.82) is 0 Å². The van der Waals surface area contributed by atoms with Gasteiger partial charge in [0.05, 0.1) is 11.3 Å². The zero-order chi connectivity index (χ0) is 13.3. The molecule has 0 fully saturated rings. The summed E-state index contributed by atoms with van der Waals surface area (Å²) in [6.45, 7) is 0. The van der Waals surface area contributed by atoms with Crippen LogP contribution in [0.4, 0.5) is 19.1 Å². The number of benzene rings is 1. The van der Waals surface area contributed by atoms with Crippen molar-refractivity contribution in [2.24, 2.45) is 7.05 Å². The predicted octanol–water partition coefficient (Wildman–Crippen LogP) is 2.61. The van der Waals surface area contributed by atoms with Crippen molar-refractivity contribution in [3.8, 4) is 0 Å². The Morgan fingerprint density at radius 1 is 1.22 bits per heavy atom. The van der Waals surface area contributed by atoms with Crippen LogP contribution in [0.5, 0.6) is 0 Å². The number of aryl methyl sites for hydroxylation is 1. The maximum absolute atomic E-state index is 12.4. The summed E-state index contributed by atoms with van der Waals surface area (Å²) in [7, 11) is 1.76. The molecule has 18 heavy (non-hydrogen) atoms. The van der Waals surface area contributed by atoms with Crippen LogP contribution < -0.4 is 5.73 Å². The maximum Gasteiger partial charge on any atom is 0.416 e. The van der Waals surface area contributed by atoms with E-state index in [2.05, 4.69) is 4.98 Å². The molecule has 1 aromatic carbocycles. The number of aromatic nitrogens is 2. The number of nitrogens with two attached hydrogens (primary N) is 1. The molecule has 0 unspecified atom stereocenters. The SMILES string of the molecule is Cn1cc(Cc2ccc(C(F)(F)F)cc2)nc1N. The monoisotopic (exact) mass is 255 g/mol. The van der Waals surface area contributed by atoms with Crippen molar-refractivity contribution in [2.75, 3.05) is 5.73 Å². The smallest absolute Gasteiger partial charge is 0.369 e. The highest BCUT2D eigenvalue weighted by Gasteiger charge is 2.29. The van der Waals surface area contributed by atoms with Crippen LogP contribution in [0.15, 0.2) is 30.5 Å². The van der Waals surface area contributed by atoms with Gasteiger partial charge >= 0.3 is 6.18 Å². The van der Waals surface area contributed by atoms with Gasteiger partial charge in [-0.05, 0) is 17.7 Å². The van der Waals surface area contributed by atoms with E-state index in [0.29, 0.717) is 12.4 Å². The number of rotatable bonds is 2. The number of anilines is 1. The molecule has 0 radical (unpaired) electrons. The van der Waals surface area contributed by atoms with Gasteiger partial charge in [0.15, 0.2) is 5.95 Å². The van der Waals surface area contributed by atoms with Gasteiger partial charge in [-0.3, -0.25) is 0 Å². The zero-order valence-electron chi connectivity index (χ0n) is 9.70. The third-order valence-corrected chi connectivity index (χ3v) is 2.63. The van der Waals surface area contributed by atoms with Crippen molar-refractivity contribution < 1.29 is 13.2 Å². The molecule has 2 N–H and O–H groups in total. The number of nitrogen functional groups attached to an aromatic ring is 1. The lowest BCUT2D eigenvalue weighted by atomic mass is 10.1. The summed E-state index contributed by atoms with van der Waals surface area (Å²) in [6, 6.07) is 5.05. The van der Waals surface area contributed by atoms with Crippen molar-refractivity contribution >= 4 is 5.95 Å². The van der Waals surface area contributed by atoms with E-state index in [-0.39, 0.29) is 0 Å². The lowest BCUT2D eigenvalue weighted by Crippen LogP contribution is -2.04. The second kappa shape index (κ2) is 4.36. The zero-order valence-corrected chi connectivity index (χ0v) is 9.70. The van der Waals surface area contributed by atoms with E-state index < -0.39 is 11.7 Å². The molecule has 0 aliphatic carbocycles. The van der Waals surface area contributed by atoms with Gasteiger partial charge in [-0.25, -0.2) is 4.98 Å². The first-order valence-corrected chi connectivity index (χ1v) is 5.30. The third kappa shape index (κ3) is 2.64. The molecule has 96 valence electrons. The van der Waals surface area contributed by atoms with E-state index in [1.54, 1.807) is 17.8 Å². The number of hydrogen-bond acceptors (Lipinski definition) is 2. The third-order valence-electron chi connectivity index (χ3n) is 2.63. The minimum absolute atomic E-state index is 0.386. The normalized spacial score (nSPS) is 11.8. The molecule has 1 heterocycles. The summed E-state index contributed by atoms with van der Waals surface area (Å²) in [6.07, 6.45) is -2.08. The number of imidazole rings is 1. The number of nitrogens with zero attached hydrogens (tertiary/aromatic N) is 2. The van der Waals surface area contributed by atoms with E-state index in [1.807, 2.05) is 0 Å². The first kappa shape index (κ1) is 12.5. The van der Waals surface area contributed by atoms with E-state index in [9.17, 15) is 13.2 Å². The molecule has 0 saturated heterocycles. The Morgan fingerprint density at radius 3 is 2.28 bits per heavy atom. The van der Waals surface area contributed by atoms with Crippen LogP contribution in [0, 0.1) is 0 Å². The predicted molar refractivity (Wildman–Crippen MR) is 61.9 cm³/mol. The van der Waals surface area contributed by atoms with Gasteiger partial charge in [0.2, 0.25) is 0 Å². The first-order valence-electron chi connectivity index (χ1n) is 5.30. The number of alkyl halides is 3. The van der Waals surface area contributed by atoms with Crippen LogP contribution in [0.2, 0.25) is 0 Å². The Hall–Kier alpha value is -1.98. The second-order valence-corrected chi connectivity index (χ2v) is 4.07. The second-order valence-electron chi connectivity index (χ2n) is 4.07. The summed E-state index contributed by atoms with van der Waals surface area (Å²) in [5.74, 6) is 0.386. The standard InChI is InChI=1S/C12H12F3N3/c1-18-7-10(17-11(18)16)6-8-2-4-9(5-3-8)12(13,14)15/h2-5,7H,6H2,1H3,(H2,16,17). The first-order chi connectivity index (χ1) is 8.36. The van der Waals surface area contributed by atoms with Crippen LogP contribution in [0.25, 0.3) is 0 Å². The quantitative estimate of drug-likeness (QED) is 0.896. The molecule has 2 rings (SSSR count). The largest absolute Gasteiger partial charge is 0.416 e. The maximum atomic E-state index is 12.4. The van der Waals surface area contributed by atoms with Crippen molar-refractivity contribution in [1.82, 2.24) is 9.55 Å². The van der Waals surface area contributed by atoms with Crippen molar-refractivity contribution in [3.05, 3.63) is 47.3 Å². The Labute approximate surface area is 102 Å². The minimum Gasteiger partial charge on any atom is -0.369 e. The molecule has 3 nitrogen and oxygen atoms in total. The summed E-state index contributed by atoms with van der Waals surface area (Å²) < 4.78 is 38.8. The molecule has 0 aliphatic rings. The van der Waals surface area contributed by atoms with Gasteiger partial charge in [0.1, 0.15) is 0 Å². The summed E-state index contributed by atoms with van der Waals surface area (Å²) in [4.78, 5) is 4.10. The Morgan fingerprint density at radius 2 is 1.83 bits per heavy atom. The lowest BCUT2D eigenvalue weighted by Gasteiger charge is -2.06. The van der Waals surface area contributed by atoms with Gasteiger partial charge < -0.3 is 10.3 Å². The molecular formula is C12H12F3N3. The van der Waals surface area contributed by atoms with E-state index in [1.165, 1.54) is 12.1 Å². The molecule has 1 aromatic heterocycles. The topological polar surface area (TPSA) is 43.8 Å². The van der Waals surface area contributed by atoms with E-state index in [0.717, 1.165) is 23.4 Å². The van der Waals surface area contributed by atoms with Crippen LogP contribution in [0.1, 0.15) is 16.8 Å². The van der Waals surface area contributed by atoms with Crippen molar-refractivity contribution in [3.63, 3.8) is 0 Å². The van der Waals surface area contributed by atoms with Gasteiger partial charge in [0.25, 0.3) is 0 Å². The summed E-state index contributed by atoms with van der Waals surface area (Å²) >= 11 is 0. The molecule has 0 spiro atoms. The van der Waals surface area contributed by atoms with Gasteiger partial charge in [-0.2, -0.15) is 13.2 Å². The minimum atomic E-state index is -4.30. The molecule has 0 aliphatic heterocycles. The van der Waals surface area contributed by atoms with Crippen LogP contribution in [0.3, 0.4) is 0 Å². The average molecular weight is 255 g/mol. The molecule has 0 atom stereocenters. The van der Waals surface area contributed by atoms with Gasteiger partial charge in [-0.1, -0.05) is 12.1 Å². The molecule has 6 heteroatoms. The van der Waals surface area contributed by atoms with Gasteiger partial charge in [-0.15, -0.1) is 0 Å². The Bertz CT molecular complexity index is 521.